The first-order valence-corrected chi connectivity index (χ1v) is 12.5. The lowest BCUT2D eigenvalue weighted by Crippen LogP contribution is -2.28. The van der Waals surface area contributed by atoms with Crippen LogP contribution in [-0.2, 0) is 26.4 Å². The third-order valence-corrected chi connectivity index (χ3v) is 7.82. The highest BCUT2D eigenvalue weighted by Crippen LogP contribution is 2.51. The van der Waals surface area contributed by atoms with Crippen molar-refractivity contribution in [3.63, 3.8) is 0 Å². The SMILES string of the molecule is CNS(=O)(=O)c1ccc(-c2cc(NC(=O)C3(c4ccc5c(c4)OCO5)CC3)cc(C(F)(F)F)c2)cc1.[HH].[HH]. The molecule has 0 saturated heterocycles. The third-order valence-electron chi connectivity index (χ3n) is 6.39. The fourth-order valence-corrected chi connectivity index (χ4v) is 4.92. The maximum Gasteiger partial charge on any atom is 0.416 e. The van der Waals surface area contributed by atoms with Crippen LogP contribution in [0.2, 0.25) is 0 Å². The molecule has 192 valence electrons. The smallest absolute Gasteiger partial charge is 0.416 e. The van der Waals surface area contributed by atoms with Crippen molar-refractivity contribution in [2.45, 2.75) is 29.3 Å². The quantitative estimate of drug-likeness (QED) is 0.466. The number of carbonyl (C=O) groups excluding carboxylic acids is 1. The predicted molar refractivity (Wildman–Crippen MR) is 129 cm³/mol. The molecule has 1 saturated carbocycles. The number of nitrogens with one attached hydrogen (secondary N) is 2. The number of benzene rings is 3. The van der Waals surface area contributed by atoms with Crippen molar-refractivity contribution in [3.8, 4) is 22.6 Å². The molecular formula is C25H25F3N2O5S. The zero-order valence-electron chi connectivity index (χ0n) is 19.0. The Balaban J connectivity index is 0.00000200. The normalized spacial score (nSPS) is 16.0. The van der Waals surface area contributed by atoms with E-state index in [4.69, 9.17) is 9.47 Å². The first-order chi connectivity index (χ1) is 17.0. The van der Waals surface area contributed by atoms with Crippen molar-refractivity contribution < 1.29 is 38.7 Å². The fourth-order valence-electron chi connectivity index (χ4n) is 4.19. The molecule has 1 fully saturated rings. The Morgan fingerprint density at radius 2 is 1.64 bits per heavy atom. The van der Waals surface area contributed by atoms with Crippen LogP contribution < -0.4 is 19.5 Å². The highest BCUT2D eigenvalue weighted by atomic mass is 32.2. The second-order valence-electron chi connectivity index (χ2n) is 8.63. The van der Waals surface area contributed by atoms with Crippen molar-refractivity contribution in [2.75, 3.05) is 19.2 Å². The molecule has 0 spiro atoms. The molecule has 36 heavy (non-hydrogen) atoms. The van der Waals surface area contributed by atoms with Crippen molar-refractivity contribution >= 4 is 21.6 Å². The number of sulfonamides is 1. The van der Waals surface area contributed by atoms with Gasteiger partial charge in [0, 0.05) is 8.54 Å². The monoisotopic (exact) mass is 522 g/mol. The lowest BCUT2D eigenvalue weighted by atomic mass is 9.94. The number of anilines is 1. The average Bonchev–Trinajstić information content (AvgIpc) is 3.54. The summed E-state index contributed by atoms with van der Waals surface area (Å²) in [7, 11) is -2.43. The molecule has 1 heterocycles. The predicted octanol–water partition coefficient (Wildman–Crippen LogP) is 5.17. The highest BCUT2D eigenvalue weighted by molar-refractivity contribution is 7.89. The number of carbonyl (C=O) groups is 1. The number of fused-ring (bicyclic) bond motifs is 1. The molecule has 5 rings (SSSR count). The van der Waals surface area contributed by atoms with Gasteiger partial charge in [-0.15, -0.1) is 0 Å². The second kappa shape index (κ2) is 8.52. The van der Waals surface area contributed by atoms with Crippen LogP contribution in [0.15, 0.2) is 65.6 Å². The van der Waals surface area contributed by atoms with E-state index in [1.54, 1.807) is 18.2 Å². The molecule has 2 aliphatic rings. The molecule has 0 bridgehead atoms. The molecule has 3 aromatic rings. The van der Waals surface area contributed by atoms with E-state index in [0.717, 1.165) is 12.1 Å². The Hall–Kier alpha value is -3.57. The van der Waals surface area contributed by atoms with E-state index in [0.29, 0.717) is 35.5 Å². The van der Waals surface area contributed by atoms with Crippen molar-refractivity contribution in [2.24, 2.45) is 0 Å². The molecule has 1 amide bonds. The summed E-state index contributed by atoms with van der Waals surface area (Å²) >= 11 is 0. The van der Waals surface area contributed by atoms with Gasteiger partial charge < -0.3 is 14.8 Å². The van der Waals surface area contributed by atoms with Crippen molar-refractivity contribution in [1.82, 2.24) is 4.72 Å². The Morgan fingerprint density at radius 3 is 2.28 bits per heavy atom. The minimum Gasteiger partial charge on any atom is -0.454 e. The van der Waals surface area contributed by atoms with E-state index in [2.05, 4.69) is 10.0 Å². The van der Waals surface area contributed by atoms with Crippen LogP contribution in [0.5, 0.6) is 11.5 Å². The van der Waals surface area contributed by atoms with E-state index in [9.17, 15) is 26.4 Å². The number of amides is 1. The maximum atomic E-state index is 13.7. The summed E-state index contributed by atoms with van der Waals surface area (Å²) in [6, 6.07) is 13.9. The van der Waals surface area contributed by atoms with Crippen LogP contribution in [0.25, 0.3) is 11.1 Å². The van der Waals surface area contributed by atoms with Crippen LogP contribution in [0.1, 0.15) is 26.8 Å². The van der Waals surface area contributed by atoms with Crippen molar-refractivity contribution in [1.29, 1.82) is 0 Å². The summed E-state index contributed by atoms with van der Waals surface area (Å²) in [5, 5.41) is 2.66. The van der Waals surface area contributed by atoms with Crippen LogP contribution >= 0.6 is 0 Å². The summed E-state index contributed by atoms with van der Waals surface area (Å²) < 4.78 is 77.9. The van der Waals surface area contributed by atoms with E-state index in [-0.39, 0.29) is 25.8 Å². The lowest BCUT2D eigenvalue weighted by molar-refractivity contribution is -0.137. The van der Waals surface area contributed by atoms with Crippen LogP contribution in [0.3, 0.4) is 0 Å². The topological polar surface area (TPSA) is 93.7 Å². The number of alkyl halides is 3. The minimum absolute atomic E-state index is 0. The van der Waals surface area contributed by atoms with Gasteiger partial charge in [-0.05, 0) is 79.0 Å². The van der Waals surface area contributed by atoms with Crippen LogP contribution in [-0.4, -0.2) is 28.2 Å². The molecule has 0 radical (unpaired) electrons. The minimum atomic E-state index is -4.65. The van der Waals surface area contributed by atoms with Gasteiger partial charge in [-0.25, -0.2) is 13.1 Å². The van der Waals surface area contributed by atoms with Gasteiger partial charge in [0.1, 0.15) is 0 Å². The van der Waals surface area contributed by atoms with E-state index >= 15 is 0 Å². The molecule has 1 aliphatic carbocycles. The molecule has 11 heteroatoms. The summed E-state index contributed by atoms with van der Waals surface area (Å²) in [5.41, 5.74) is -0.555. The van der Waals surface area contributed by atoms with Gasteiger partial charge in [0.05, 0.1) is 15.9 Å². The summed E-state index contributed by atoms with van der Waals surface area (Å²) in [4.78, 5) is 13.2. The fraction of sp³-hybridized carbons (Fsp3) is 0.240. The van der Waals surface area contributed by atoms with Gasteiger partial charge in [0.2, 0.25) is 22.7 Å². The largest absolute Gasteiger partial charge is 0.454 e. The first kappa shape index (κ1) is 24.1. The van der Waals surface area contributed by atoms with Gasteiger partial charge in [-0.1, -0.05) is 18.2 Å². The summed E-state index contributed by atoms with van der Waals surface area (Å²) in [6.07, 6.45) is -3.56. The Labute approximate surface area is 208 Å². The first-order valence-electron chi connectivity index (χ1n) is 11.0. The Morgan fingerprint density at radius 1 is 0.944 bits per heavy atom. The summed E-state index contributed by atoms with van der Waals surface area (Å²) in [6.45, 7) is 0.0901. The Bertz CT molecular complexity index is 1460. The maximum absolute atomic E-state index is 13.7. The van der Waals surface area contributed by atoms with Gasteiger partial charge in [0.25, 0.3) is 0 Å². The van der Waals surface area contributed by atoms with E-state index < -0.39 is 33.1 Å². The Kier molecular flexibility index (Phi) is 5.72. The standard InChI is InChI=1S/C25H21F3N2O5S.2H2/c1-29-36(32,33)20-5-2-15(3-6-20)16-10-18(25(26,27)28)12-19(11-16)30-23(31)24(8-9-24)17-4-7-21-22(13-17)35-14-34-21;;/h2-7,10-13,29H,8-9,14H2,1H3,(H,30,31);2*1H. The van der Waals surface area contributed by atoms with Crippen LogP contribution in [0.4, 0.5) is 18.9 Å². The molecule has 3 aromatic carbocycles. The van der Waals surface area contributed by atoms with Gasteiger partial charge >= 0.3 is 6.18 Å². The molecule has 0 aromatic heterocycles. The molecule has 0 unspecified atom stereocenters. The molecule has 2 N–H and O–H groups in total. The number of rotatable bonds is 6. The van der Waals surface area contributed by atoms with Crippen molar-refractivity contribution in [3.05, 3.63) is 71.8 Å². The third kappa shape index (κ3) is 4.40. The van der Waals surface area contributed by atoms with Gasteiger partial charge in [-0.2, -0.15) is 13.2 Å². The van der Waals surface area contributed by atoms with E-state index in [1.165, 1.54) is 37.4 Å². The number of ether oxygens (including phenoxy) is 2. The molecule has 0 atom stereocenters. The molecular weight excluding hydrogens is 497 g/mol. The van der Waals surface area contributed by atoms with E-state index in [1.807, 2.05) is 0 Å². The second-order valence-corrected chi connectivity index (χ2v) is 10.5. The van der Waals surface area contributed by atoms with Gasteiger partial charge in [-0.3, -0.25) is 4.79 Å². The van der Waals surface area contributed by atoms with Crippen LogP contribution in [0, 0.1) is 0 Å². The van der Waals surface area contributed by atoms with Gasteiger partial charge in [0.15, 0.2) is 11.5 Å². The lowest BCUT2D eigenvalue weighted by Gasteiger charge is -2.18. The zero-order chi connectivity index (χ0) is 25.7. The number of hydrogen-bond acceptors (Lipinski definition) is 5. The highest BCUT2D eigenvalue weighted by Gasteiger charge is 2.51. The summed E-state index contributed by atoms with van der Waals surface area (Å²) in [5.74, 6) is 0.685. The zero-order valence-corrected chi connectivity index (χ0v) is 19.8. The average molecular weight is 523 g/mol. The molecule has 7 nitrogen and oxygen atoms in total. The number of halogens is 3. The number of hydrogen-bond donors (Lipinski definition) is 2. The molecule has 1 aliphatic heterocycles.